The maximum absolute atomic E-state index is 12.7. The Bertz CT molecular complexity index is 838. The molecule has 3 heterocycles. The first-order valence-electron chi connectivity index (χ1n) is 8.13. The highest BCUT2D eigenvalue weighted by Crippen LogP contribution is 2.21. The van der Waals surface area contributed by atoms with Crippen molar-refractivity contribution in [1.82, 2.24) is 19.8 Å². The number of fused-ring (bicyclic) bond motifs is 1. The van der Waals surface area contributed by atoms with Gasteiger partial charge in [-0.3, -0.25) is 14.5 Å². The van der Waals surface area contributed by atoms with Crippen LogP contribution in [0.1, 0.15) is 29.0 Å². The summed E-state index contributed by atoms with van der Waals surface area (Å²) in [5, 5.41) is 3.05. The average Bonchev–Trinajstić information content (AvgIpc) is 2.89. The molecule has 0 aromatic carbocycles. The van der Waals surface area contributed by atoms with Gasteiger partial charge in [0, 0.05) is 26.2 Å². The monoisotopic (exact) mass is 354 g/mol. The van der Waals surface area contributed by atoms with Gasteiger partial charge in [-0.25, -0.2) is 13.8 Å². The van der Waals surface area contributed by atoms with Crippen molar-refractivity contribution in [3.63, 3.8) is 0 Å². The van der Waals surface area contributed by atoms with Gasteiger partial charge in [-0.05, 0) is 19.8 Å². The van der Waals surface area contributed by atoms with E-state index in [1.165, 1.54) is 10.9 Å². The first-order valence-corrected chi connectivity index (χ1v) is 8.13. The van der Waals surface area contributed by atoms with Gasteiger partial charge in [0.1, 0.15) is 17.5 Å². The molecule has 2 aromatic rings. The normalized spacial score (nSPS) is 16.7. The molecule has 0 saturated carbocycles. The number of amides is 1. The Labute approximate surface area is 142 Å². The number of aryl methyl sites for hydroxylation is 2. The SMILES string of the molecule is Cc1oc2ncn(C)c(=O)c2c1C(=O)NC1CCN(CC(F)F)CC1. The lowest BCUT2D eigenvalue weighted by Crippen LogP contribution is -2.46. The molecule has 0 spiro atoms. The number of hydrogen-bond donors (Lipinski definition) is 1. The third-order valence-electron chi connectivity index (χ3n) is 4.49. The van der Waals surface area contributed by atoms with E-state index in [2.05, 4.69) is 10.3 Å². The summed E-state index contributed by atoms with van der Waals surface area (Å²) in [7, 11) is 1.55. The third-order valence-corrected chi connectivity index (χ3v) is 4.49. The Balaban J connectivity index is 1.75. The zero-order chi connectivity index (χ0) is 18.1. The molecule has 0 unspecified atom stereocenters. The highest BCUT2D eigenvalue weighted by atomic mass is 19.3. The van der Waals surface area contributed by atoms with Gasteiger partial charge in [-0.1, -0.05) is 0 Å². The van der Waals surface area contributed by atoms with Crippen molar-refractivity contribution in [3.8, 4) is 0 Å². The van der Waals surface area contributed by atoms with Crippen LogP contribution in [0.5, 0.6) is 0 Å². The molecule has 7 nitrogen and oxygen atoms in total. The molecule has 136 valence electrons. The smallest absolute Gasteiger partial charge is 0.265 e. The van der Waals surface area contributed by atoms with E-state index in [4.69, 9.17) is 4.42 Å². The summed E-state index contributed by atoms with van der Waals surface area (Å²) in [6.45, 7) is 2.38. The van der Waals surface area contributed by atoms with E-state index in [0.717, 1.165) is 0 Å². The first kappa shape index (κ1) is 17.5. The fourth-order valence-corrected chi connectivity index (χ4v) is 3.17. The van der Waals surface area contributed by atoms with Crippen LogP contribution in [-0.4, -0.2) is 52.5 Å². The number of hydrogen-bond acceptors (Lipinski definition) is 5. The summed E-state index contributed by atoms with van der Waals surface area (Å²) in [5.74, 6) is -0.0629. The summed E-state index contributed by atoms with van der Waals surface area (Å²) in [4.78, 5) is 30.7. The number of alkyl halides is 2. The molecule has 1 saturated heterocycles. The van der Waals surface area contributed by atoms with Crippen molar-refractivity contribution in [3.05, 3.63) is 28.0 Å². The van der Waals surface area contributed by atoms with Crippen molar-refractivity contribution in [2.24, 2.45) is 7.05 Å². The predicted octanol–water partition coefficient (Wildman–Crippen LogP) is 1.29. The van der Waals surface area contributed by atoms with Crippen molar-refractivity contribution in [2.45, 2.75) is 32.2 Å². The van der Waals surface area contributed by atoms with Crippen molar-refractivity contribution in [2.75, 3.05) is 19.6 Å². The van der Waals surface area contributed by atoms with Gasteiger partial charge < -0.3 is 14.3 Å². The van der Waals surface area contributed by atoms with Gasteiger partial charge in [0.25, 0.3) is 17.9 Å². The maximum atomic E-state index is 12.7. The lowest BCUT2D eigenvalue weighted by atomic mass is 10.0. The summed E-state index contributed by atoms with van der Waals surface area (Å²) in [6.07, 6.45) is 0.163. The van der Waals surface area contributed by atoms with Crippen molar-refractivity contribution in [1.29, 1.82) is 0 Å². The number of carbonyl (C=O) groups is 1. The second kappa shape index (κ2) is 6.91. The molecule has 0 radical (unpaired) electrons. The molecule has 25 heavy (non-hydrogen) atoms. The summed E-state index contributed by atoms with van der Waals surface area (Å²) in [6, 6.07) is -0.119. The van der Waals surface area contributed by atoms with Gasteiger partial charge in [-0.2, -0.15) is 0 Å². The second-order valence-electron chi connectivity index (χ2n) is 6.31. The van der Waals surface area contributed by atoms with Gasteiger partial charge in [0.2, 0.25) is 5.71 Å². The van der Waals surface area contributed by atoms with E-state index < -0.39 is 12.3 Å². The van der Waals surface area contributed by atoms with Crippen LogP contribution in [0.2, 0.25) is 0 Å². The Morgan fingerprint density at radius 2 is 2.12 bits per heavy atom. The number of nitrogens with zero attached hydrogens (tertiary/aromatic N) is 3. The van der Waals surface area contributed by atoms with Crippen molar-refractivity contribution < 1.29 is 18.0 Å². The number of aromatic nitrogens is 2. The van der Waals surface area contributed by atoms with Crippen LogP contribution in [-0.2, 0) is 7.05 Å². The Morgan fingerprint density at radius 1 is 1.44 bits per heavy atom. The van der Waals surface area contributed by atoms with Crippen molar-refractivity contribution >= 4 is 17.0 Å². The predicted molar refractivity (Wildman–Crippen MR) is 86.9 cm³/mol. The lowest BCUT2D eigenvalue weighted by molar-refractivity contribution is 0.0696. The zero-order valence-electron chi connectivity index (χ0n) is 14.1. The minimum Gasteiger partial charge on any atom is -0.442 e. The molecule has 1 aliphatic rings. The van der Waals surface area contributed by atoms with Crippen LogP contribution in [0, 0.1) is 6.92 Å². The second-order valence-corrected chi connectivity index (χ2v) is 6.31. The fraction of sp³-hybridized carbons (Fsp3) is 0.562. The molecule has 3 rings (SSSR count). The largest absolute Gasteiger partial charge is 0.442 e. The van der Waals surface area contributed by atoms with E-state index in [9.17, 15) is 18.4 Å². The Hall–Kier alpha value is -2.29. The molecule has 0 aliphatic carbocycles. The fourth-order valence-electron chi connectivity index (χ4n) is 3.17. The van der Waals surface area contributed by atoms with Crippen LogP contribution in [0.4, 0.5) is 8.78 Å². The molecule has 2 aromatic heterocycles. The highest BCUT2D eigenvalue weighted by Gasteiger charge is 2.27. The number of likely N-dealkylation sites (tertiary alicyclic amines) is 1. The standard InChI is InChI=1S/C16H20F2N4O3/c1-9-12(13-15(25-9)19-8-21(2)16(13)24)14(23)20-10-3-5-22(6-4-10)7-11(17)18/h8,10-11H,3-7H2,1-2H3,(H,20,23). The van der Waals surface area contributed by atoms with E-state index >= 15 is 0 Å². The average molecular weight is 354 g/mol. The molecule has 0 bridgehead atoms. The van der Waals surface area contributed by atoms with E-state index in [0.29, 0.717) is 31.7 Å². The first-order chi connectivity index (χ1) is 11.9. The van der Waals surface area contributed by atoms with E-state index in [-0.39, 0.29) is 34.8 Å². The van der Waals surface area contributed by atoms with E-state index in [1.54, 1.807) is 18.9 Å². The Kier molecular flexibility index (Phi) is 4.85. The van der Waals surface area contributed by atoms with E-state index in [1.807, 2.05) is 0 Å². The number of piperidine rings is 1. The number of rotatable bonds is 4. The van der Waals surface area contributed by atoms with Crippen LogP contribution in [0.3, 0.4) is 0 Å². The molecule has 0 atom stereocenters. The van der Waals surface area contributed by atoms with Crippen LogP contribution in [0.25, 0.3) is 11.1 Å². The topological polar surface area (TPSA) is 80.4 Å². The van der Waals surface area contributed by atoms with Gasteiger partial charge in [-0.15, -0.1) is 0 Å². The van der Waals surface area contributed by atoms with Crippen LogP contribution < -0.4 is 10.9 Å². The van der Waals surface area contributed by atoms with Gasteiger partial charge in [0.15, 0.2) is 0 Å². The van der Waals surface area contributed by atoms with Gasteiger partial charge in [0.05, 0.1) is 12.1 Å². The summed E-state index contributed by atoms with van der Waals surface area (Å²) >= 11 is 0. The minimum atomic E-state index is -2.35. The molecule has 1 aliphatic heterocycles. The number of nitrogens with one attached hydrogen (secondary N) is 1. The highest BCUT2D eigenvalue weighted by molar-refractivity contribution is 6.06. The van der Waals surface area contributed by atoms with Crippen LogP contribution in [0.15, 0.2) is 15.5 Å². The molecule has 9 heteroatoms. The summed E-state index contributed by atoms with van der Waals surface area (Å²) in [5.41, 5.74) is -0.0186. The minimum absolute atomic E-state index is 0.119. The number of halogens is 2. The third kappa shape index (κ3) is 3.55. The molecular formula is C16H20F2N4O3. The molecule has 1 N–H and O–H groups in total. The number of carbonyl (C=O) groups excluding carboxylic acids is 1. The number of furan rings is 1. The molecule has 1 fully saturated rings. The quantitative estimate of drug-likeness (QED) is 0.895. The summed E-state index contributed by atoms with van der Waals surface area (Å²) < 4.78 is 31.6. The maximum Gasteiger partial charge on any atom is 0.265 e. The molecular weight excluding hydrogens is 334 g/mol. The lowest BCUT2D eigenvalue weighted by Gasteiger charge is -2.31. The van der Waals surface area contributed by atoms with Crippen LogP contribution >= 0.6 is 0 Å². The molecule has 1 amide bonds. The zero-order valence-corrected chi connectivity index (χ0v) is 14.1. The Morgan fingerprint density at radius 3 is 2.76 bits per heavy atom. The van der Waals surface area contributed by atoms with Gasteiger partial charge >= 0.3 is 0 Å².